The van der Waals surface area contributed by atoms with Crippen LogP contribution in [0.4, 0.5) is 11.6 Å². The summed E-state index contributed by atoms with van der Waals surface area (Å²) in [5.74, 6) is 0.979. The predicted molar refractivity (Wildman–Crippen MR) is 111 cm³/mol. The number of para-hydroxylation sites is 1. The first-order valence-electron chi connectivity index (χ1n) is 9.72. The normalized spacial score (nSPS) is 18.4. The first kappa shape index (κ1) is 19.0. The number of halogens is 1. The zero-order valence-electron chi connectivity index (χ0n) is 15.9. The standard InChI is InChI=1S/C20H25ClN6O/c21-17-4-1-2-5-18(17)25-12-14-26(15-13-25)19(28)16-24-8-10-27(11-9-24)20-22-6-3-7-23-20/h1-7H,8-16H2. The van der Waals surface area contributed by atoms with Crippen LogP contribution in [0, 0.1) is 0 Å². The molecule has 0 N–H and O–H groups in total. The van der Waals surface area contributed by atoms with E-state index >= 15 is 0 Å². The van der Waals surface area contributed by atoms with Gasteiger partial charge in [0.25, 0.3) is 0 Å². The van der Waals surface area contributed by atoms with E-state index in [1.54, 1.807) is 12.4 Å². The molecule has 2 fully saturated rings. The molecule has 0 radical (unpaired) electrons. The first-order chi connectivity index (χ1) is 13.7. The highest BCUT2D eigenvalue weighted by molar-refractivity contribution is 6.33. The van der Waals surface area contributed by atoms with Crippen LogP contribution in [-0.2, 0) is 4.79 Å². The Morgan fingerprint density at radius 1 is 0.857 bits per heavy atom. The third-order valence-corrected chi connectivity index (χ3v) is 5.71. The molecule has 0 atom stereocenters. The zero-order valence-corrected chi connectivity index (χ0v) is 16.6. The molecule has 7 nitrogen and oxygen atoms in total. The molecule has 8 heteroatoms. The fourth-order valence-electron chi connectivity index (χ4n) is 3.76. The van der Waals surface area contributed by atoms with E-state index in [0.717, 1.165) is 69.0 Å². The molecule has 0 saturated carbocycles. The van der Waals surface area contributed by atoms with Crippen molar-refractivity contribution in [2.75, 3.05) is 68.7 Å². The minimum atomic E-state index is 0.211. The van der Waals surface area contributed by atoms with Gasteiger partial charge >= 0.3 is 0 Å². The summed E-state index contributed by atoms with van der Waals surface area (Å²) in [6.07, 6.45) is 3.53. The third kappa shape index (κ3) is 4.36. The molecule has 28 heavy (non-hydrogen) atoms. The highest BCUT2D eigenvalue weighted by Crippen LogP contribution is 2.26. The number of hydrogen-bond donors (Lipinski definition) is 0. The van der Waals surface area contributed by atoms with E-state index in [-0.39, 0.29) is 5.91 Å². The molecule has 4 rings (SSSR count). The molecule has 2 aromatic rings. The SMILES string of the molecule is O=C(CN1CCN(c2ncccn2)CC1)N1CCN(c2ccccc2Cl)CC1. The van der Waals surface area contributed by atoms with Gasteiger partial charge in [-0.15, -0.1) is 0 Å². The van der Waals surface area contributed by atoms with Crippen molar-refractivity contribution >= 4 is 29.1 Å². The molecule has 2 aliphatic heterocycles. The molecule has 0 unspecified atom stereocenters. The van der Waals surface area contributed by atoms with Gasteiger partial charge < -0.3 is 14.7 Å². The Balaban J connectivity index is 1.24. The lowest BCUT2D eigenvalue weighted by molar-refractivity contribution is -0.132. The number of rotatable bonds is 4. The van der Waals surface area contributed by atoms with E-state index in [1.165, 1.54) is 0 Å². The van der Waals surface area contributed by atoms with Crippen molar-refractivity contribution in [1.82, 2.24) is 19.8 Å². The van der Waals surface area contributed by atoms with E-state index < -0.39 is 0 Å². The molecule has 2 aliphatic rings. The van der Waals surface area contributed by atoms with Crippen molar-refractivity contribution in [3.8, 4) is 0 Å². The number of carbonyl (C=O) groups is 1. The average Bonchev–Trinajstić information content (AvgIpc) is 2.75. The summed E-state index contributed by atoms with van der Waals surface area (Å²) >= 11 is 6.30. The predicted octanol–water partition coefficient (Wildman–Crippen LogP) is 1.60. The van der Waals surface area contributed by atoms with Gasteiger partial charge in [0.2, 0.25) is 11.9 Å². The molecule has 2 saturated heterocycles. The maximum atomic E-state index is 12.7. The van der Waals surface area contributed by atoms with Crippen LogP contribution in [-0.4, -0.2) is 84.6 Å². The Hall–Kier alpha value is -2.38. The van der Waals surface area contributed by atoms with Crippen molar-refractivity contribution in [2.24, 2.45) is 0 Å². The summed E-state index contributed by atoms with van der Waals surface area (Å²) in [7, 11) is 0. The lowest BCUT2D eigenvalue weighted by Crippen LogP contribution is -2.54. The number of anilines is 2. The molecular formula is C20H25ClN6O. The lowest BCUT2D eigenvalue weighted by Gasteiger charge is -2.38. The Labute approximate surface area is 170 Å². The van der Waals surface area contributed by atoms with Crippen molar-refractivity contribution in [3.05, 3.63) is 47.7 Å². The molecule has 0 bridgehead atoms. The highest BCUT2D eigenvalue weighted by atomic mass is 35.5. The van der Waals surface area contributed by atoms with Crippen molar-refractivity contribution < 1.29 is 4.79 Å². The third-order valence-electron chi connectivity index (χ3n) is 5.39. The largest absolute Gasteiger partial charge is 0.367 e. The van der Waals surface area contributed by atoms with E-state index in [4.69, 9.17) is 11.6 Å². The van der Waals surface area contributed by atoms with Gasteiger partial charge in [-0.05, 0) is 18.2 Å². The molecule has 148 valence electrons. The number of carbonyl (C=O) groups excluding carboxylic acids is 1. The maximum Gasteiger partial charge on any atom is 0.236 e. The summed E-state index contributed by atoms with van der Waals surface area (Å²) in [6.45, 7) is 6.98. The zero-order chi connectivity index (χ0) is 19.3. The Kier molecular flexibility index (Phi) is 5.92. The molecule has 0 spiro atoms. The van der Waals surface area contributed by atoms with Crippen LogP contribution in [0.15, 0.2) is 42.7 Å². The fraction of sp³-hybridized carbons (Fsp3) is 0.450. The van der Waals surface area contributed by atoms with Gasteiger partial charge in [-0.1, -0.05) is 23.7 Å². The quantitative estimate of drug-likeness (QED) is 0.777. The van der Waals surface area contributed by atoms with E-state index in [9.17, 15) is 4.79 Å². The summed E-state index contributed by atoms with van der Waals surface area (Å²) in [5, 5.41) is 0.766. The Morgan fingerprint density at radius 2 is 1.50 bits per heavy atom. The number of amides is 1. The summed E-state index contributed by atoms with van der Waals surface area (Å²) in [5.41, 5.74) is 1.05. The van der Waals surface area contributed by atoms with Gasteiger partial charge in [-0.2, -0.15) is 0 Å². The fourth-order valence-corrected chi connectivity index (χ4v) is 4.01. The number of aromatic nitrogens is 2. The van der Waals surface area contributed by atoms with Crippen LogP contribution in [0.3, 0.4) is 0 Å². The second-order valence-electron chi connectivity index (χ2n) is 7.13. The van der Waals surface area contributed by atoms with Crippen LogP contribution >= 0.6 is 11.6 Å². The Bertz CT molecular complexity index is 788. The number of hydrogen-bond acceptors (Lipinski definition) is 6. The topological polar surface area (TPSA) is 55.8 Å². The summed E-state index contributed by atoms with van der Waals surface area (Å²) in [4.78, 5) is 30.0. The summed E-state index contributed by atoms with van der Waals surface area (Å²) in [6, 6.07) is 9.71. The van der Waals surface area contributed by atoms with E-state index in [0.29, 0.717) is 6.54 Å². The molecule has 3 heterocycles. The van der Waals surface area contributed by atoms with Crippen molar-refractivity contribution in [3.63, 3.8) is 0 Å². The smallest absolute Gasteiger partial charge is 0.236 e. The molecule has 1 aromatic heterocycles. The first-order valence-corrected chi connectivity index (χ1v) is 10.1. The van der Waals surface area contributed by atoms with Crippen molar-refractivity contribution in [2.45, 2.75) is 0 Å². The van der Waals surface area contributed by atoms with Gasteiger partial charge in [0.15, 0.2) is 0 Å². The van der Waals surface area contributed by atoms with Crippen LogP contribution in [0.5, 0.6) is 0 Å². The monoisotopic (exact) mass is 400 g/mol. The molecular weight excluding hydrogens is 376 g/mol. The second kappa shape index (κ2) is 8.75. The van der Waals surface area contributed by atoms with Gasteiger partial charge in [0, 0.05) is 64.8 Å². The Morgan fingerprint density at radius 3 is 2.18 bits per heavy atom. The van der Waals surface area contributed by atoms with E-state index in [1.807, 2.05) is 35.2 Å². The molecule has 1 aromatic carbocycles. The maximum absolute atomic E-state index is 12.7. The number of piperazine rings is 2. The highest BCUT2D eigenvalue weighted by Gasteiger charge is 2.25. The van der Waals surface area contributed by atoms with Crippen molar-refractivity contribution in [1.29, 1.82) is 0 Å². The van der Waals surface area contributed by atoms with Crippen LogP contribution < -0.4 is 9.80 Å². The van der Waals surface area contributed by atoms with Crippen LogP contribution in [0.25, 0.3) is 0 Å². The lowest BCUT2D eigenvalue weighted by atomic mass is 10.2. The van der Waals surface area contributed by atoms with Crippen LogP contribution in [0.2, 0.25) is 5.02 Å². The van der Waals surface area contributed by atoms with Gasteiger partial charge in [0.1, 0.15) is 0 Å². The minimum absolute atomic E-state index is 0.211. The minimum Gasteiger partial charge on any atom is -0.367 e. The summed E-state index contributed by atoms with van der Waals surface area (Å²) < 4.78 is 0. The average molecular weight is 401 g/mol. The molecule has 1 amide bonds. The van der Waals surface area contributed by atoms with Gasteiger partial charge in [-0.25, -0.2) is 9.97 Å². The van der Waals surface area contributed by atoms with Gasteiger partial charge in [0.05, 0.1) is 17.3 Å². The second-order valence-corrected chi connectivity index (χ2v) is 7.54. The number of nitrogens with zero attached hydrogens (tertiary/aromatic N) is 6. The number of benzene rings is 1. The molecule has 0 aliphatic carbocycles. The van der Waals surface area contributed by atoms with Gasteiger partial charge in [-0.3, -0.25) is 9.69 Å². The van der Waals surface area contributed by atoms with E-state index in [2.05, 4.69) is 24.7 Å². The van der Waals surface area contributed by atoms with Crippen LogP contribution in [0.1, 0.15) is 0 Å².